The zero-order valence-corrected chi connectivity index (χ0v) is 11.6. The Labute approximate surface area is 109 Å². The lowest BCUT2D eigenvalue weighted by atomic mass is 10.0. The van der Waals surface area contributed by atoms with Crippen molar-refractivity contribution < 1.29 is 0 Å². The van der Waals surface area contributed by atoms with Crippen molar-refractivity contribution in [1.29, 1.82) is 0 Å². The van der Waals surface area contributed by atoms with Crippen molar-refractivity contribution in [3.63, 3.8) is 0 Å². The van der Waals surface area contributed by atoms with Crippen LogP contribution in [-0.2, 0) is 13.0 Å². The molecule has 0 radical (unpaired) electrons. The molecule has 0 aliphatic heterocycles. The molecule has 0 amide bonds. The fraction of sp³-hybridized carbons (Fsp3) is 0.467. The maximum Gasteiger partial charge on any atom is 0.137 e. The van der Waals surface area contributed by atoms with E-state index in [0.717, 1.165) is 18.8 Å². The van der Waals surface area contributed by atoms with Crippen molar-refractivity contribution in [2.24, 2.45) is 5.92 Å². The van der Waals surface area contributed by atoms with Gasteiger partial charge in [0.25, 0.3) is 0 Å². The highest BCUT2D eigenvalue weighted by Gasteiger charge is 2.07. The Balaban J connectivity index is 2.18. The average molecular weight is 243 g/mol. The van der Waals surface area contributed by atoms with Crippen LogP contribution in [0.3, 0.4) is 0 Å². The zero-order valence-electron chi connectivity index (χ0n) is 11.6. The van der Waals surface area contributed by atoms with Crippen LogP contribution >= 0.6 is 0 Å². The molecule has 0 bridgehead atoms. The van der Waals surface area contributed by atoms with Gasteiger partial charge >= 0.3 is 0 Å². The molecule has 0 fully saturated rings. The van der Waals surface area contributed by atoms with Crippen LogP contribution in [-0.4, -0.2) is 14.8 Å². The average Bonchev–Trinajstić information content (AvgIpc) is 2.70. The molecule has 0 unspecified atom stereocenters. The molecule has 3 nitrogen and oxygen atoms in total. The van der Waals surface area contributed by atoms with E-state index in [-0.39, 0.29) is 0 Å². The summed E-state index contributed by atoms with van der Waals surface area (Å²) in [6.07, 6.45) is 2.68. The van der Waals surface area contributed by atoms with Gasteiger partial charge in [0.15, 0.2) is 0 Å². The standard InChI is InChI=1S/C15H21N3/c1-11(2)9-18-10-16-17-15(18)8-14-6-5-12(3)13(4)7-14/h5-7,10-11H,8-9H2,1-4H3. The lowest BCUT2D eigenvalue weighted by Crippen LogP contribution is -2.08. The van der Waals surface area contributed by atoms with E-state index < -0.39 is 0 Å². The Morgan fingerprint density at radius 2 is 1.94 bits per heavy atom. The normalized spacial score (nSPS) is 11.2. The summed E-state index contributed by atoms with van der Waals surface area (Å²) in [5.74, 6) is 1.66. The molecule has 0 N–H and O–H groups in total. The molecule has 0 aliphatic rings. The Kier molecular flexibility index (Phi) is 3.80. The Morgan fingerprint density at radius 3 is 2.61 bits per heavy atom. The van der Waals surface area contributed by atoms with Gasteiger partial charge in [-0.05, 0) is 36.5 Å². The molecule has 1 aromatic heterocycles. The maximum atomic E-state index is 4.23. The summed E-state index contributed by atoms with van der Waals surface area (Å²) in [5.41, 5.74) is 3.97. The first kappa shape index (κ1) is 12.8. The minimum absolute atomic E-state index is 0.611. The largest absolute Gasteiger partial charge is 0.317 e. The summed E-state index contributed by atoms with van der Waals surface area (Å²) in [7, 11) is 0. The van der Waals surface area contributed by atoms with Gasteiger partial charge in [-0.15, -0.1) is 10.2 Å². The fourth-order valence-electron chi connectivity index (χ4n) is 2.06. The number of aryl methyl sites for hydroxylation is 2. The van der Waals surface area contributed by atoms with Gasteiger partial charge in [-0.2, -0.15) is 0 Å². The number of aromatic nitrogens is 3. The molecule has 1 aromatic carbocycles. The minimum atomic E-state index is 0.611. The first-order valence-corrected chi connectivity index (χ1v) is 6.49. The maximum absolute atomic E-state index is 4.23. The van der Waals surface area contributed by atoms with Crippen LogP contribution in [0.4, 0.5) is 0 Å². The molecule has 3 heteroatoms. The highest BCUT2D eigenvalue weighted by molar-refractivity contribution is 5.31. The zero-order chi connectivity index (χ0) is 13.1. The number of hydrogen-bond acceptors (Lipinski definition) is 2. The molecule has 96 valence electrons. The highest BCUT2D eigenvalue weighted by Crippen LogP contribution is 2.13. The van der Waals surface area contributed by atoms with Gasteiger partial charge in [0, 0.05) is 13.0 Å². The molecule has 0 atom stereocenters. The lowest BCUT2D eigenvalue weighted by molar-refractivity contribution is 0.509. The van der Waals surface area contributed by atoms with Crippen LogP contribution < -0.4 is 0 Å². The smallest absolute Gasteiger partial charge is 0.137 e. The molecular formula is C15H21N3. The Bertz CT molecular complexity index is 526. The summed E-state index contributed by atoms with van der Waals surface area (Å²) in [6, 6.07) is 6.59. The Morgan fingerprint density at radius 1 is 1.17 bits per heavy atom. The molecule has 1 heterocycles. The molecule has 18 heavy (non-hydrogen) atoms. The van der Waals surface area contributed by atoms with Crippen molar-refractivity contribution >= 4 is 0 Å². The van der Waals surface area contributed by atoms with Crippen molar-refractivity contribution in [1.82, 2.24) is 14.8 Å². The van der Waals surface area contributed by atoms with Gasteiger partial charge in [-0.25, -0.2) is 0 Å². The predicted molar refractivity (Wildman–Crippen MR) is 73.6 cm³/mol. The van der Waals surface area contributed by atoms with Crippen molar-refractivity contribution in [2.45, 2.75) is 40.7 Å². The summed E-state index contributed by atoms with van der Waals surface area (Å²) < 4.78 is 2.15. The van der Waals surface area contributed by atoms with E-state index in [9.17, 15) is 0 Å². The van der Waals surface area contributed by atoms with Crippen LogP contribution in [0.15, 0.2) is 24.5 Å². The first-order chi connectivity index (χ1) is 8.56. The van der Waals surface area contributed by atoms with E-state index in [2.05, 4.69) is 60.7 Å². The van der Waals surface area contributed by atoms with E-state index in [1.54, 1.807) is 0 Å². The van der Waals surface area contributed by atoms with Gasteiger partial charge in [-0.1, -0.05) is 32.0 Å². The van der Waals surface area contributed by atoms with E-state index in [0.29, 0.717) is 5.92 Å². The third-order valence-electron chi connectivity index (χ3n) is 3.19. The molecule has 2 aromatic rings. The minimum Gasteiger partial charge on any atom is -0.317 e. The summed E-state index contributed by atoms with van der Waals surface area (Å²) >= 11 is 0. The van der Waals surface area contributed by atoms with Crippen molar-refractivity contribution in [3.05, 3.63) is 47.0 Å². The van der Waals surface area contributed by atoms with Crippen molar-refractivity contribution in [3.8, 4) is 0 Å². The number of rotatable bonds is 4. The topological polar surface area (TPSA) is 30.7 Å². The highest BCUT2D eigenvalue weighted by atomic mass is 15.3. The van der Waals surface area contributed by atoms with Crippen LogP contribution in [0, 0.1) is 19.8 Å². The third kappa shape index (κ3) is 2.97. The van der Waals surface area contributed by atoms with E-state index in [4.69, 9.17) is 0 Å². The molecule has 2 rings (SSSR count). The molecule has 0 saturated heterocycles. The number of nitrogens with zero attached hydrogens (tertiary/aromatic N) is 3. The summed E-state index contributed by atoms with van der Waals surface area (Å²) in [6.45, 7) is 9.69. The number of benzene rings is 1. The van der Waals surface area contributed by atoms with Crippen LogP contribution in [0.5, 0.6) is 0 Å². The van der Waals surface area contributed by atoms with E-state index >= 15 is 0 Å². The molecular weight excluding hydrogens is 222 g/mol. The van der Waals surface area contributed by atoms with Gasteiger partial charge in [0.2, 0.25) is 0 Å². The summed E-state index contributed by atoms with van der Waals surface area (Å²) in [5, 5.41) is 8.25. The third-order valence-corrected chi connectivity index (χ3v) is 3.19. The van der Waals surface area contributed by atoms with Gasteiger partial charge < -0.3 is 4.57 Å². The molecule has 0 saturated carbocycles. The molecule has 0 spiro atoms. The van der Waals surface area contributed by atoms with E-state index in [1.807, 2.05) is 6.33 Å². The second kappa shape index (κ2) is 5.34. The molecule has 0 aliphatic carbocycles. The lowest BCUT2D eigenvalue weighted by Gasteiger charge is -2.10. The number of hydrogen-bond donors (Lipinski definition) is 0. The summed E-state index contributed by atoms with van der Waals surface area (Å²) in [4.78, 5) is 0. The quantitative estimate of drug-likeness (QED) is 0.826. The fourth-order valence-corrected chi connectivity index (χ4v) is 2.06. The van der Waals surface area contributed by atoms with Crippen LogP contribution in [0.1, 0.15) is 36.4 Å². The second-order valence-electron chi connectivity index (χ2n) is 5.39. The monoisotopic (exact) mass is 243 g/mol. The van der Waals surface area contributed by atoms with Gasteiger partial charge in [0.05, 0.1) is 0 Å². The van der Waals surface area contributed by atoms with E-state index in [1.165, 1.54) is 16.7 Å². The van der Waals surface area contributed by atoms with Crippen molar-refractivity contribution in [2.75, 3.05) is 0 Å². The SMILES string of the molecule is Cc1ccc(Cc2nncn2CC(C)C)cc1C. The second-order valence-corrected chi connectivity index (χ2v) is 5.39. The van der Waals surface area contributed by atoms with Gasteiger partial charge in [0.1, 0.15) is 12.2 Å². The Hall–Kier alpha value is -1.64. The van der Waals surface area contributed by atoms with Gasteiger partial charge in [-0.3, -0.25) is 0 Å². The van der Waals surface area contributed by atoms with Crippen LogP contribution in [0.25, 0.3) is 0 Å². The predicted octanol–water partition coefficient (Wildman–Crippen LogP) is 3.14. The van der Waals surface area contributed by atoms with Crippen LogP contribution in [0.2, 0.25) is 0 Å². The first-order valence-electron chi connectivity index (χ1n) is 6.49.